The summed E-state index contributed by atoms with van der Waals surface area (Å²) in [4.78, 5) is 22.0. The molecule has 1 unspecified atom stereocenters. The molecule has 106 valence electrons. The Bertz CT molecular complexity index is 780. The number of fused-ring (bicyclic) bond motifs is 1. The lowest BCUT2D eigenvalue weighted by molar-refractivity contribution is -0.118. The molecule has 0 amide bonds. The lowest BCUT2D eigenvalue weighted by Gasteiger charge is -2.13. The van der Waals surface area contributed by atoms with Gasteiger partial charge in [0.05, 0.1) is 16.6 Å². The number of carbonyl (C=O) groups excluding carboxylic acids is 1. The van der Waals surface area contributed by atoms with Crippen molar-refractivity contribution in [1.29, 1.82) is 0 Å². The van der Waals surface area contributed by atoms with E-state index in [0.717, 1.165) is 26.6 Å². The molecule has 21 heavy (non-hydrogen) atoms. The summed E-state index contributed by atoms with van der Waals surface area (Å²) in [6, 6.07) is 14.0. The van der Waals surface area contributed by atoms with Crippen molar-refractivity contribution in [1.82, 2.24) is 9.97 Å². The van der Waals surface area contributed by atoms with Gasteiger partial charge in [0.1, 0.15) is 16.1 Å². The number of pyridine rings is 1. The molecule has 0 radical (unpaired) electrons. The molecule has 1 atom stereocenters. The standard InChI is InChI=1S/C17H16N2OS/c1-11(20)14(10-13-6-4-3-5-7-13)15-8-9-16-17(19-15)21-12(2)18-16/h3-9,14H,10H2,1-2H3. The van der Waals surface area contributed by atoms with E-state index in [9.17, 15) is 4.79 Å². The number of Topliss-reactive ketones (excluding diaryl/α,β-unsaturated/α-hetero) is 1. The van der Waals surface area contributed by atoms with Gasteiger partial charge in [-0.2, -0.15) is 0 Å². The van der Waals surface area contributed by atoms with Crippen LogP contribution in [0.2, 0.25) is 0 Å². The van der Waals surface area contributed by atoms with Crippen LogP contribution in [0, 0.1) is 6.92 Å². The van der Waals surface area contributed by atoms with Gasteiger partial charge in [0.15, 0.2) is 0 Å². The highest BCUT2D eigenvalue weighted by atomic mass is 32.1. The number of nitrogens with zero attached hydrogens (tertiary/aromatic N) is 2. The Morgan fingerprint density at radius 2 is 1.90 bits per heavy atom. The fourth-order valence-corrected chi connectivity index (χ4v) is 3.23. The fourth-order valence-electron chi connectivity index (χ4n) is 2.44. The second kappa shape index (κ2) is 5.74. The second-order valence-corrected chi connectivity index (χ2v) is 6.33. The number of aryl methyl sites for hydroxylation is 1. The molecular weight excluding hydrogens is 280 g/mol. The molecule has 0 aliphatic carbocycles. The van der Waals surface area contributed by atoms with Crippen LogP contribution in [0.4, 0.5) is 0 Å². The molecule has 4 heteroatoms. The number of ketones is 1. The van der Waals surface area contributed by atoms with Crippen molar-refractivity contribution in [3.8, 4) is 0 Å². The molecule has 2 aromatic heterocycles. The van der Waals surface area contributed by atoms with Gasteiger partial charge >= 0.3 is 0 Å². The summed E-state index contributed by atoms with van der Waals surface area (Å²) in [5.74, 6) is -0.0499. The van der Waals surface area contributed by atoms with E-state index in [1.54, 1.807) is 18.3 Å². The van der Waals surface area contributed by atoms with E-state index in [1.807, 2.05) is 49.4 Å². The molecular formula is C17H16N2OS. The van der Waals surface area contributed by atoms with Gasteiger partial charge in [-0.1, -0.05) is 41.7 Å². The largest absolute Gasteiger partial charge is 0.299 e. The highest BCUT2D eigenvalue weighted by Crippen LogP contribution is 2.25. The maximum Gasteiger partial charge on any atom is 0.143 e. The first-order valence-corrected chi connectivity index (χ1v) is 7.73. The van der Waals surface area contributed by atoms with Crippen molar-refractivity contribution >= 4 is 27.5 Å². The van der Waals surface area contributed by atoms with Crippen molar-refractivity contribution in [2.24, 2.45) is 0 Å². The molecule has 3 aromatic rings. The molecule has 3 rings (SSSR count). The predicted molar refractivity (Wildman–Crippen MR) is 85.7 cm³/mol. The lowest BCUT2D eigenvalue weighted by Crippen LogP contribution is -2.13. The number of hydrogen-bond donors (Lipinski definition) is 0. The Hall–Kier alpha value is -2.07. The van der Waals surface area contributed by atoms with Gasteiger partial charge < -0.3 is 0 Å². The van der Waals surface area contributed by atoms with Crippen LogP contribution in [-0.4, -0.2) is 15.8 Å². The third-order valence-corrected chi connectivity index (χ3v) is 4.39. The molecule has 0 aliphatic heterocycles. The van der Waals surface area contributed by atoms with Crippen LogP contribution in [0.25, 0.3) is 10.3 Å². The van der Waals surface area contributed by atoms with E-state index >= 15 is 0 Å². The number of carbonyl (C=O) groups is 1. The highest BCUT2D eigenvalue weighted by Gasteiger charge is 2.19. The number of hydrogen-bond acceptors (Lipinski definition) is 4. The Balaban J connectivity index is 1.97. The van der Waals surface area contributed by atoms with E-state index in [4.69, 9.17) is 0 Å². The summed E-state index contributed by atoms with van der Waals surface area (Å²) in [6.07, 6.45) is 0.687. The maximum atomic E-state index is 12.0. The van der Waals surface area contributed by atoms with E-state index in [1.165, 1.54) is 0 Å². The quantitative estimate of drug-likeness (QED) is 0.733. The smallest absolute Gasteiger partial charge is 0.143 e. The minimum absolute atomic E-state index is 0.145. The third kappa shape index (κ3) is 3.00. The van der Waals surface area contributed by atoms with Gasteiger partial charge in [0.2, 0.25) is 0 Å². The first-order valence-electron chi connectivity index (χ1n) is 6.92. The van der Waals surface area contributed by atoms with Crippen LogP contribution >= 0.6 is 11.3 Å². The Morgan fingerprint density at radius 1 is 1.14 bits per heavy atom. The Labute approximate surface area is 127 Å². The van der Waals surface area contributed by atoms with Gasteiger partial charge in [-0.25, -0.2) is 9.97 Å². The van der Waals surface area contributed by atoms with Gasteiger partial charge in [0.25, 0.3) is 0 Å². The first-order chi connectivity index (χ1) is 10.1. The summed E-state index contributed by atoms with van der Waals surface area (Å²) in [6.45, 7) is 3.61. The van der Waals surface area contributed by atoms with Gasteiger partial charge in [0, 0.05) is 0 Å². The minimum Gasteiger partial charge on any atom is -0.299 e. The van der Waals surface area contributed by atoms with E-state index in [0.29, 0.717) is 6.42 Å². The van der Waals surface area contributed by atoms with E-state index in [-0.39, 0.29) is 11.7 Å². The van der Waals surface area contributed by atoms with Gasteiger partial charge in [-0.05, 0) is 38.0 Å². The zero-order valence-electron chi connectivity index (χ0n) is 12.0. The summed E-state index contributed by atoms with van der Waals surface area (Å²) >= 11 is 1.57. The molecule has 0 fully saturated rings. The average molecular weight is 296 g/mol. The highest BCUT2D eigenvalue weighted by molar-refractivity contribution is 7.18. The van der Waals surface area contributed by atoms with Gasteiger partial charge in [-0.15, -0.1) is 0 Å². The summed E-state index contributed by atoms with van der Waals surface area (Å²) < 4.78 is 0. The van der Waals surface area contributed by atoms with Crippen molar-refractivity contribution in [3.63, 3.8) is 0 Å². The van der Waals surface area contributed by atoms with Crippen LogP contribution < -0.4 is 0 Å². The van der Waals surface area contributed by atoms with Crippen LogP contribution in [0.3, 0.4) is 0 Å². The summed E-state index contributed by atoms with van der Waals surface area (Å²) in [5.41, 5.74) is 2.89. The van der Waals surface area contributed by atoms with Crippen LogP contribution in [-0.2, 0) is 11.2 Å². The molecule has 0 spiro atoms. The molecule has 3 nitrogen and oxygen atoms in total. The third-order valence-electron chi connectivity index (χ3n) is 3.51. The summed E-state index contributed by atoms with van der Waals surface area (Å²) in [5, 5.41) is 0.997. The van der Waals surface area contributed by atoms with E-state index < -0.39 is 0 Å². The van der Waals surface area contributed by atoms with Crippen molar-refractivity contribution in [3.05, 3.63) is 58.7 Å². The summed E-state index contributed by atoms with van der Waals surface area (Å²) in [7, 11) is 0. The first kappa shape index (κ1) is 13.9. The van der Waals surface area contributed by atoms with Crippen molar-refractivity contribution in [2.45, 2.75) is 26.2 Å². The van der Waals surface area contributed by atoms with Crippen LogP contribution in [0.15, 0.2) is 42.5 Å². The topological polar surface area (TPSA) is 42.9 Å². The fraction of sp³-hybridized carbons (Fsp3) is 0.235. The molecule has 2 heterocycles. The van der Waals surface area contributed by atoms with Crippen LogP contribution in [0.1, 0.15) is 29.1 Å². The Morgan fingerprint density at radius 3 is 2.62 bits per heavy atom. The van der Waals surface area contributed by atoms with Crippen molar-refractivity contribution in [2.75, 3.05) is 0 Å². The number of rotatable bonds is 4. The molecule has 0 N–H and O–H groups in total. The van der Waals surface area contributed by atoms with Crippen LogP contribution in [0.5, 0.6) is 0 Å². The van der Waals surface area contributed by atoms with E-state index in [2.05, 4.69) is 9.97 Å². The zero-order chi connectivity index (χ0) is 14.8. The number of benzene rings is 1. The lowest BCUT2D eigenvalue weighted by atomic mass is 9.92. The minimum atomic E-state index is -0.195. The molecule has 0 aliphatic rings. The zero-order valence-corrected chi connectivity index (χ0v) is 12.9. The predicted octanol–water partition coefficient (Wildman–Crippen LogP) is 3.92. The monoisotopic (exact) mass is 296 g/mol. The number of aromatic nitrogens is 2. The Kier molecular flexibility index (Phi) is 3.80. The molecule has 1 aromatic carbocycles. The number of thiazole rings is 1. The molecule has 0 bridgehead atoms. The molecule has 0 saturated carbocycles. The normalized spacial score (nSPS) is 12.5. The van der Waals surface area contributed by atoms with Crippen molar-refractivity contribution < 1.29 is 4.79 Å². The van der Waals surface area contributed by atoms with Gasteiger partial charge in [-0.3, -0.25) is 4.79 Å². The average Bonchev–Trinajstić information content (AvgIpc) is 2.84. The SMILES string of the molecule is CC(=O)C(Cc1ccccc1)c1ccc2nc(C)sc2n1. The maximum absolute atomic E-state index is 12.0. The molecule has 0 saturated heterocycles. The second-order valence-electron chi connectivity index (χ2n) is 5.15.